The van der Waals surface area contributed by atoms with E-state index in [4.69, 9.17) is 9.15 Å². The second kappa shape index (κ2) is 4.92. The third-order valence-electron chi connectivity index (χ3n) is 3.41. The summed E-state index contributed by atoms with van der Waals surface area (Å²) in [5.41, 5.74) is 1.72. The average Bonchev–Trinajstić information content (AvgIpc) is 2.95. The second-order valence-electron chi connectivity index (χ2n) is 4.69. The minimum atomic E-state index is -0.0987. The van der Waals surface area contributed by atoms with E-state index in [1.54, 1.807) is 12.1 Å². The Morgan fingerprint density at radius 3 is 2.95 bits per heavy atom. The van der Waals surface area contributed by atoms with Gasteiger partial charge in [0.15, 0.2) is 5.76 Å². The summed E-state index contributed by atoms with van der Waals surface area (Å²) in [6, 6.07) is 9.32. The van der Waals surface area contributed by atoms with Crippen LogP contribution in [0.2, 0.25) is 0 Å². The molecular weight excluding hydrogens is 240 g/mol. The summed E-state index contributed by atoms with van der Waals surface area (Å²) < 4.78 is 11.2. The molecule has 1 aliphatic rings. The van der Waals surface area contributed by atoms with Gasteiger partial charge in [-0.3, -0.25) is 4.79 Å². The summed E-state index contributed by atoms with van der Waals surface area (Å²) in [7, 11) is 0. The topological polar surface area (TPSA) is 39.4 Å². The summed E-state index contributed by atoms with van der Waals surface area (Å²) in [5.74, 6) is 1.85. The predicted molar refractivity (Wildman–Crippen MR) is 71.8 cm³/mol. The third-order valence-corrected chi connectivity index (χ3v) is 3.41. The molecule has 0 saturated carbocycles. The van der Waals surface area contributed by atoms with Crippen molar-refractivity contribution in [2.75, 3.05) is 6.61 Å². The lowest BCUT2D eigenvalue weighted by Gasteiger charge is -2.19. The van der Waals surface area contributed by atoms with Gasteiger partial charge in [-0.25, -0.2) is 0 Å². The largest absolute Gasteiger partial charge is 0.493 e. The van der Waals surface area contributed by atoms with Gasteiger partial charge in [-0.15, -0.1) is 0 Å². The number of rotatable bonds is 3. The monoisotopic (exact) mass is 256 g/mol. The van der Waals surface area contributed by atoms with Gasteiger partial charge >= 0.3 is 0 Å². The summed E-state index contributed by atoms with van der Waals surface area (Å²) in [6.07, 6.45) is 2.76. The number of hydrogen-bond acceptors (Lipinski definition) is 3. The average molecular weight is 256 g/mol. The van der Waals surface area contributed by atoms with Gasteiger partial charge in [-0.1, -0.05) is 19.1 Å². The first kappa shape index (κ1) is 12.0. The standard InChI is InChI=1S/C16H16O3/c1-2-12-8-9-14(19-12)15(17)13-7-3-5-11-6-4-10-18-16(11)13/h3,5,7-9H,2,4,6,10H2,1H3. The van der Waals surface area contributed by atoms with Gasteiger partial charge in [-0.2, -0.15) is 0 Å². The van der Waals surface area contributed by atoms with E-state index in [1.165, 1.54) is 0 Å². The van der Waals surface area contributed by atoms with E-state index in [0.29, 0.717) is 17.9 Å². The number of ketones is 1. The van der Waals surface area contributed by atoms with E-state index in [2.05, 4.69) is 0 Å². The highest BCUT2D eigenvalue weighted by molar-refractivity contribution is 6.09. The number of aryl methyl sites for hydroxylation is 2. The van der Waals surface area contributed by atoms with Crippen LogP contribution in [0.3, 0.4) is 0 Å². The third kappa shape index (κ3) is 2.16. The van der Waals surface area contributed by atoms with Crippen LogP contribution < -0.4 is 4.74 Å². The lowest BCUT2D eigenvalue weighted by molar-refractivity contribution is 0.100. The number of carbonyl (C=O) groups is 1. The van der Waals surface area contributed by atoms with Crippen molar-refractivity contribution in [3.63, 3.8) is 0 Å². The van der Waals surface area contributed by atoms with Crippen LogP contribution in [0, 0.1) is 0 Å². The van der Waals surface area contributed by atoms with E-state index in [1.807, 2.05) is 25.1 Å². The maximum absolute atomic E-state index is 12.5. The molecule has 1 aromatic carbocycles. The van der Waals surface area contributed by atoms with Gasteiger partial charge in [0.25, 0.3) is 0 Å². The van der Waals surface area contributed by atoms with Crippen LogP contribution in [-0.2, 0) is 12.8 Å². The molecule has 19 heavy (non-hydrogen) atoms. The highest BCUT2D eigenvalue weighted by Gasteiger charge is 2.22. The molecule has 0 amide bonds. The molecule has 0 unspecified atom stereocenters. The smallest absolute Gasteiger partial charge is 0.231 e. The van der Waals surface area contributed by atoms with Crippen molar-refractivity contribution in [2.24, 2.45) is 0 Å². The molecule has 0 N–H and O–H groups in total. The Hall–Kier alpha value is -2.03. The number of para-hydroxylation sites is 1. The fourth-order valence-electron chi connectivity index (χ4n) is 2.39. The predicted octanol–water partition coefficient (Wildman–Crippen LogP) is 3.40. The number of ether oxygens (including phenoxy) is 1. The minimum Gasteiger partial charge on any atom is -0.493 e. The molecule has 0 spiro atoms. The van der Waals surface area contributed by atoms with Gasteiger partial charge in [0.05, 0.1) is 12.2 Å². The van der Waals surface area contributed by atoms with Crippen LogP contribution in [0.1, 0.15) is 40.8 Å². The van der Waals surface area contributed by atoms with Crippen molar-refractivity contribution in [1.82, 2.24) is 0 Å². The molecule has 2 heterocycles. The zero-order chi connectivity index (χ0) is 13.2. The molecule has 1 aromatic heterocycles. The summed E-state index contributed by atoms with van der Waals surface area (Å²) in [4.78, 5) is 12.5. The molecule has 0 atom stereocenters. The summed E-state index contributed by atoms with van der Waals surface area (Å²) in [6.45, 7) is 2.68. The Kier molecular flexibility index (Phi) is 3.11. The molecule has 0 bridgehead atoms. The van der Waals surface area contributed by atoms with Crippen molar-refractivity contribution in [1.29, 1.82) is 0 Å². The molecular formula is C16H16O3. The van der Waals surface area contributed by atoms with Crippen LogP contribution in [0.15, 0.2) is 34.7 Å². The SMILES string of the molecule is CCc1ccc(C(=O)c2cccc3c2OCCC3)o1. The zero-order valence-corrected chi connectivity index (χ0v) is 10.9. The summed E-state index contributed by atoms with van der Waals surface area (Å²) in [5, 5.41) is 0. The van der Waals surface area contributed by atoms with Crippen molar-refractivity contribution in [3.05, 3.63) is 53.0 Å². The number of fused-ring (bicyclic) bond motifs is 1. The second-order valence-corrected chi connectivity index (χ2v) is 4.69. The van der Waals surface area contributed by atoms with Gasteiger partial charge in [-0.05, 0) is 36.6 Å². The Balaban J connectivity index is 1.99. The van der Waals surface area contributed by atoms with Crippen LogP contribution in [0.25, 0.3) is 0 Å². The first-order chi connectivity index (χ1) is 9.29. The Labute approximate surface area is 112 Å². The molecule has 3 heteroatoms. The molecule has 0 radical (unpaired) electrons. The molecule has 0 saturated heterocycles. The molecule has 0 fully saturated rings. The van der Waals surface area contributed by atoms with Crippen molar-refractivity contribution in [3.8, 4) is 5.75 Å². The van der Waals surface area contributed by atoms with Crippen LogP contribution >= 0.6 is 0 Å². The molecule has 1 aliphatic heterocycles. The molecule has 3 nitrogen and oxygen atoms in total. The van der Waals surface area contributed by atoms with Gasteiger partial charge in [0, 0.05) is 6.42 Å². The van der Waals surface area contributed by atoms with E-state index in [-0.39, 0.29) is 5.78 Å². The fraction of sp³-hybridized carbons (Fsp3) is 0.312. The van der Waals surface area contributed by atoms with E-state index in [9.17, 15) is 4.79 Å². The van der Waals surface area contributed by atoms with Gasteiger partial charge in [0.2, 0.25) is 5.78 Å². The van der Waals surface area contributed by atoms with Crippen LogP contribution in [0.4, 0.5) is 0 Å². The van der Waals surface area contributed by atoms with Gasteiger partial charge in [0.1, 0.15) is 11.5 Å². The quantitative estimate of drug-likeness (QED) is 0.790. The van der Waals surface area contributed by atoms with Crippen LogP contribution in [0.5, 0.6) is 5.75 Å². The lowest BCUT2D eigenvalue weighted by Crippen LogP contribution is -2.13. The summed E-state index contributed by atoms with van der Waals surface area (Å²) >= 11 is 0. The van der Waals surface area contributed by atoms with Crippen molar-refractivity contribution in [2.45, 2.75) is 26.2 Å². The Morgan fingerprint density at radius 2 is 2.16 bits per heavy atom. The van der Waals surface area contributed by atoms with E-state index >= 15 is 0 Å². The number of carbonyl (C=O) groups excluding carboxylic acids is 1. The molecule has 2 aromatic rings. The molecule has 98 valence electrons. The maximum Gasteiger partial charge on any atom is 0.231 e. The lowest BCUT2D eigenvalue weighted by atomic mass is 9.99. The fourth-order valence-corrected chi connectivity index (χ4v) is 2.39. The number of benzene rings is 1. The van der Waals surface area contributed by atoms with Crippen molar-refractivity contribution >= 4 is 5.78 Å². The van der Waals surface area contributed by atoms with Crippen molar-refractivity contribution < 1.29 is 13.9 Å². The maximum atomic E-state index is 12.5. The Bertz CT molecular complexity index is 610. The first-order valence-corrected chi connectivity index (χ1v) is 6.67. The normalized spacial score (nSPS) is 13.7. The molecule has 0 aliphatic carbocycles. The Morgan fingerprint density at radius 1 is 1.26 bits per heavy atom. The minimum absolute atomic E-state index is 0.0987. The number of hydrogen-bond donors (Lipinski definition) is 0. The van der Waals surface area contributed by atoms with E-state index < -0.39 is 0 Å². The first-order valence-electron chi connectivity index (χ1n) is 6.67. The van der Waals surface area contributed by atoms with Crippen LogP contribution in [-0.4, -0.2) is 12.4 Å². The van der Waals surface area contributed by atoms with Gasteiger partial charge < -0.3 is 9.15 Å². The highest BCUT2D eigenvalue weighted by atomic mass is 16.5. The zero-order valence-electron chi connectivity index (χ0n) is 10.9. The highest BCUT2D eigenvalue weighted by Crippen LogP contribution is 2.30. The van der Waals surface area contributed by atoms with E-state index in [0.717, 1.165) is 36.3 Å². The molecule has 3 rings (SSSR count). The number of furan rings is 1.